The highest BCUT2D eigenvalue weighted by Crippen LogP contribution is 2.48. The summed E-state index contributed by atoms with van der Waals surface area (Å²) in [6, 6.07) is 7.89. The minimum Gasteiger partial charge on any atom is -0.478 e. The molecule has 1 aromatic carbocycles. The van der Waals surface area contributed by atoms with Crippen LogP contribution in [-0.2, 0) is 5.41 Å². The van der Waals surface area contributed by atoms with Crippen LogP contribution in [0.3, 0.4) is 0 Å². The summed E-state index contributed by atoms with van der Waals surface area (Å²) in [5.74, 6) is 1.10. The van der Waals surface area contributed by atoms with Crippen molar-refractivity contribution in [3.05, 3.63) is 35.4 Å². The summed E-state index contributed by atoms with van der Waals surface area (Å²) in [6.45, 7) is 2.28. The van der Waals surface area contributed by atoms with Gasteiger partial charge in [-0.25, -0.2) is 4.79 Å². The smallest absolute Gasteiger partial charge is 0.335 e. The molecule has 1 aromatic rings. The lowest BCUT2D eigenvalue weighted by atomic mass is 9.61. The van der Waals surface area contributed by atoms with Gasteiger partial charge in [0.2, 0.25) is 0 Å². The molecule has 0 bridgehead atoms. The van der Waals surface area contributed by atoms with Gasteiger partial charge in [-0.05, 0) is 67.1 Å². The van der Waals surface area contributed by atoms with Crippen LogP contribution in [0.1, 0.15) is 119 Å². The summed E-state index contributed by atoms with van der Waals surface area (Å²) in [5.41, 5.74) is 2.10. The molecule has 2 fully saturated rings. The third-order valence-electron chi connectivity index (χ3n) is 7.81. The van der Waals surface area contributed by atoms with Crippen molar-refractivity contribution in [2.75, 3.05) is 0 Å². The molecule has 0 saturated heterocycles. The molecule has 0 amide bonds. The van der Waals surface area contributed by atoms with E-state index in [1.165, 1.54) is 102 Å². The van der Waals surface area contributed by atoms with Crippen LogP contribution in [0.15, 0.2) is 24.3 Å². The molecule has 0 heterocycles. The van der Waals surface area contributed by atoms with E-state index in [0.29, 0.717) is 5.56 Å². The fraction of sp³-hybridized carbons (Fsp3) is 0.731. The molecule has 2 aliphatic carbocycles. The van der Waals surface area contributed by atoms with Crippen molar-refractivity contribution < 1.29 is 9.90 Å². The number of rotatable bonds is 9. The summed E-state index contributed by atoms with van der Waals surface area (Å²) >= 11 is 0. The second-order valence-electron chi connectivity index (χ2n) is 9.56. The average Bonchev–Trinajstić information content (AvgIpc) is 2.75. The first-order chi connectivity index (χ1) is 13.6. The predicted octanol–water partition coefficient (Wildman–Crippen LogP) is 7.75. The van der Waals surface area contributed by atoms with Gasteiger partial charge in [0.1, 0.15) is 0 Å². The topological polar surface area (TPSA) is 37.3 Å². The van der Waals surface area contributed by atoms with Crippen LogP contribution in [-0.4, -0.2) is 11.1 Å². The van der Waals surface area contributed by atoms with Gasteiger partial charge in [-0.3, -0.25) is 0 Å². The first kappa shape index (κ1) is 21.4. The van der Waals surface area contributed by atoms with Crippen LogP contribution < -0.4 is 0 Å². The van der Waals surface area contributed by atoms with Crippen molar-refractivity contribution >= 4 is 5.97 Å². The number of carboxylic acids is 1. The van der Waals surface area contributed by atoms with Gasteiger partial charge in [0, 0.05) is 0 Å². The number of carboxylic acid groups (broad SMARTS) is 1. The Morgan fingerprint density at radius 2 is 1.50 bits per heavy atom. The predicted molar refractivity (Wildman–Crippen MR) is 117 cm³/mol. The molecule has 2 nitrogen and oxygen atoms in total. The minimum absolute atomic E-state index is 0.286. The third kappa shape index (κ3) is 5.39. The number of aromatic carboxylic acids is 1. The first-order valence-corrected chi connectivity index (χ1v) is 12.0. The van der Waals surface area contributed by atoms with Crippen molar-refractivity contribution in [2.24, 2.45) is 11.8 Å². The Morgan fingerprint density at radius 1 is 0.893 bits per heavy atom. The molecule has 0 unspecified atom stereocenters. The van der Waals surface area contributed by atoms with Gasteiger partial charge in [-0.1, -0.05) is 83.3 Å². The van der Waals surface area contributed by atoms with Gasteiger partial charge < -0.3 is 5.11 Å². The van der Waals surface area contributed by atoms with Gasteiger partial charge in [0.15, 0.2) is 0 Å². The van der Waals surface area contributed by atoms with Crippen molar-refractivity contribution in [1.29, 1.82) is 0 Å². The molecule has 0 aromatic heterocycles. The van der Waals surface area contributed by atoms with Gasteiger partial charge in [-0.2, -0.15) is 0 Å². The van der Waals surface area contributed by atoms with E-state index in [2.05, 4.69) is 19.1 Å². The van der Waals surface area contributed by atoms with Crippen LogP contribution >= 0.6 is 0 Å². The highest BCUT2D eigenvalue weighted by Gasteiger charge is 2.38. The fourth-order valence-electron chi connectivity index (χ4n) is 5.99. The lowest BCUT2D eigenvalue weighted by Crippen LogP contribution is -2.34. The van der Waals surface area contributed by atoms with E-state index in [1.807, 2.05) is 12.1 Å². The Bertz CT molecular complexity index is 589. The molecular weight excluding hydrogens is 344 g/mol. The summed E-state index contributed by atoms with van der Waals surface area (Å²) in [5, 5.41) is 9.25. The molecular formula is C26H40O2. The number of benzene rings is 1. The Labute approximate surface area is 172 Å². The molecule has 156 valence electrons. The molecule has 0 spiro atoms. The zero-order chi connectivity index (χ0) is 19.8. The van der Waals surface area contributed by atoms with Crippen LogP contribution in [0, 0.1) is 11.8 Å². The summed E-state index contributed by atoms with van der Waals surface area (Å²) in [4.78, 5) is 11.3. The second kappa shape index (κ2) is 10.5. The monoisotopic (exact) mass is 384 g/mol. The minimum atomic E-state index is -0.818. The van der Waals surface area contributed by atoms with Crippen LogP contribution in [0.25, 0.3) is 0 Å². The van der Waals surface area contributed by atoms with E-state index >= 15 is 0 Å². The van der Waals surface area contributed by atoms with E-state index in [9.17, 15) is 9.90 Å². The van der Waals surface area contributed by atoms with E-state index in [-0.39, 0.29) is 5.41 Å². The maximum Gasteiger partial charge on any atom is 0.335 e. The van der Waals surface area contributed by atoms with Crippen LogP contribution in [0.5, 0.6) is 0 Å². The van der Waals surface area contributed by atoms with Crippen molar-refractivity contribution in [3.63, 3.8) is 0 Å². The molecule has 0 aliphatic heterocycles. The zero-order valence-electron chi connectivity index (χ0n) is 17.9. The van der Waals surface area contributed by atoms with Gasteiger partial charge in [-0.15, -0.1) is 0 Å². The molecule has 0 radical (unpaired) electrons. The lowest BCUT2D eigenvalue weighted by Gasteiger charge is -2.44. The number of hydrogen-bond donors (Lipinski definition) is 1. The Kier molecular flexibility index (Phi) is 8.00. The SMILES string of the molecule is CCCCCCCC1(c2ccc(C(=O)O)cc2)CCC(C2CCCCC2)CC1. The number of hydrogen-bond acceptors (Lipinski definition) is 1. The van der Waals surface area contributed by atoms with Crippen molar-refractivity contribution in [3.8, 4) is 0 Å². The summed E-state index contributed by atoms with van der Waals surface area (Å²) in [7, 11) is 0. The number of carbonyl (C=O) groups is 1. The van der Waals surface area contributed by atoms with Gasteiger partial charge in [0.05, 0.1) is 5.56 Å². The van der Waals surface area contributed by atoms with Crippen LogP contribution in [0.4, 0.5) is 0 Å². The quantitative estimate of drug-likeness (QED) is 0.442. The van der Waals surface area contributed by atoms with Gasteiger partial charge in [0.25, 0.3) is 0 Å². The molecule has 2 heteroatoms. The van der Waals surface area contributed by atoms with E-state index in [0.717, 1.165) is 11.8 Å². The van der Waals surface area contributed by atoms with Crippen LogP contribution in [0.2, 0.25) is 0 Å². The normalized spacial score (nSPS) is 26.2. The maximum absolute atomic E-state index is 11.3. The lowest BCUT2D eigenvalue weighted by molar-refractivity contribution is 0.0696. The second-order valence-corrected chi connectivity index (χ2v) is 9.56. The average molecular weight is 385 g/mol. The molecule has 0 atom stereocenters. The first-order valence-electron chi connectivity index (χ1n) is 12.0. The highest BCUT2D eigenvalue weighted by atomic mass is 16.4. The van der Waals surface area contributed by atoms with E-state index < -0.39 is 5.97 Å². The summed E-state index contributed by atoms with van der Waals surface area (Å²) < 4.78 is 0. The molecule has 1 N–H and O–H groups in total. The Morgan fingerprint density at radius 3 is 2.11 bits per heavy atom. The van der Waals surface area contributed by atoms with E-state index in [4.69, 9.17) is 0 Å². The molecule has 3 rings (SSSR count). The zero-order valence-corrected chi connectivity index (χ0v) is 17.9. The van der Waals surface area contributed by atoms with Crippen molar-refractivity contribution in [2.45, 2.75) is 109 Å². The third-order valence-corrected chi connectivity index (χ3v) is 7.81. The molecule has 2 saturated carbocycles. The van der Waals surface area contributed by atoms with E-state index in [1.54, 1.807) is 0 Å². The van der Waals surface area contributed by atoms with Gasteiger partial charge >= 0.3 is 5.97 Å². The largest absolute Gasteiger partial charge is 0.478 e. The summed E-state index contributed by atoms with van der Waals surface area (Å²) in [6.07, 6.45) is 20.5. The molecule has 28 heavy (non-hydrogen) atoms. The number of unbranched alkanes of at least 4 members (excludes halogenated alkanes) is 4. The standard InChI is InChI=1S/C26H40O2/c1-2-3-4-5-9-18-26(24-14-12-23(13-15-24)25(27)28)19-16-22(17-20-26)21-10-7-6-8-11-21/h12-15,21-22H,2-11,16-20H2,1H3,(H,27,28). The molecule has 2 aliphatic rings. The fourth-order valence-corrected chi connectivity index (χ4v) is 5.99. The Hall–Kier alpha value is -1.31. The highest BCUT2D eigenvalue weighted by molar-refractivity contribution is 5.87. The maximum atomic E-state index is 11.3. The Balaban J connectivity index is 1.67. The van der Waals surface area contributed by atoms with Crippen molar-refractivity contribution in [1.82, 2.24) is 0 Å².